The van der Waals surface area contributed by atoms with Crippen LogP contribution in [0, 0.1) is 0 Å². The van der Waals surface area contributed by atoms with Gasteiger partial charge >= 0.3 is 6.16 Å². The monoisotopic (exact) mass is 751 g/mol. The van der Waals surface area contributed by atoms with Crippen LogP contribution >= 0.6 is 7.52 Å². The van der Waals surface area contributed by atoms with E-state index in [0.29, 0.717) is 41.7 Å². The van der Waals surface area contributed by atoms with E-state index in [1.807, 2.05) is 48.2 Å². The summed E-state index contributed by atoms with van der Waals surface area (Å²) in [6, 6.07) is 15.0. The lowest BCUT2D eigenvalue weighted by atomic mass is 10.2. The zero-order valence-corrected chi connectivity index (χ0v) is 31.1. The highest BCUT2D eigenvalue weighted by molar-refractivity contribution is 7.60. The number of nitrogens with zero attached hydrogens (tertiary/aromatic N) is 5. The van der Waals surface area contributed by atoms with E-state index < -0.39 is 31.5 Å². The van der Waals surface area contributed by atoms with Crippen LogP contribution in [0.5, 0.6) is 5.75 Å². The van der Waals surface area contributed by atoms with Crippen LogP contribution in [0.3, 0.4) is 0 Å². The van der Waals surface area contributed by atoms with E-state index in [2.05, 4.69) is 15.4 Å². The molecule has 1 unspecified atom stereocenters. The van der Waals surface area contributed by atoms with E-state index >= 15 is 0 Å². The zero-order chi connectivity index (χ0) is 37.4. The van der Waals surface area contributed by atoms with Crippen molar-refractivity contribution in [2.24, 2.45) is 0 Å². The molecule has 2 aromatic carbocycles. The fourth-order valence-corrected chi connectivity index (χ4v) is 8.27. The minimum Gasteiger partial charge on any atom is -0.495 e. The molecule has 0 bridgehead atoms. The van der Waals surface area contributed by atoms with Crippen molar-refractivity contribution in [2.75, 3.05) is 76.2 Å². The number of para-hydroxylation sites is 1. The SMILES string of the molecule is CCCCOC(=O)ON1CCN(C(=O)[C@H](CP2(=O)Nc3c(cccc3OC)CO2)NC(=O)c2cc(N3CC[C@H](OC)C3)nc(-c3ccccc3)n2)CC1. The maximum Gasteiger partial charge on any atom is 0.527 e. The largest absolute Gasteiger partial charge is 0.527 e. The fraction of sp³-hybridized carbons (Fsp3) is 0.472. The summed E-state index contributed by atoms with van der Waals surface area (Å²) >= 11 is 0. The highest BCUT2D eigenvalue weighted by atomic mass is 31.2. The van der Waals surface area contributed by atoms with Crippen molar-refractivity contribution in [1.29, 1.82) is 0 Å². The molecule has 3 aliphatic rings. The second-order valence-electron chi connectivity index (χ2n) is 13.0. The van der Waals surface area contributed by atoms with Crippen molar-refractivity contribution >= 4 is 37.0 Å². The maximum atomic E-state index is 14.4. The molecule has 284 valence electrons. The number of piperazine rings is 1. The molecule has 16 nitrogen and oxygen atoms in total. The van der Waals surface area contributed by atoms with Crippen LogP contribution in [0.25, 0.3) is 11.4 Å². The molecule has 2 amide bonds. The topological polar surface area (TPSA) is 174 Å². The van der Waals surface area contributed by atoms with Crippen molar-refractivity contribution < 1.29 is 42.5 Å². The van der Waals surface area contributed by atoms with Gasteiger partial charge in [-0.1, -0.05) is 55.8 Å². The summed E-state index contributed by atoms with van der Waals surface area (Å²) < 4.78 is 36.4. The lowest BCUT2D eigenvalue weighted by molar-refractivity contribution is -0.157. The van der Waals surface area contributed by atoms with Crippen molar-refractivity contribution in [3.8, 4) is 17.1 Å². The van der Waals surface area contributed by atoms with Crippen LogP contribution in [0.4, 0.5) is 16.3 Å². The number of nitrogens with one attached hydrogen (secondary N) is 2. The fourth-order valence-electron chi connectivity index (χ4n) is 6.34. The van der Waals surface area contributed by atoms with E-state index in [1.165, 1.54) is 17.1 Å². The van der Waals surface area contributed by atoms with Crippen LogP contribution in [-0.2, 0) is 34.8 Å². The first kappa shape index (κ1) is 38.0. The van der Waals surface area contributed by atoms with Crippen molar-refractivity contribution in [1.82, 2.24) is 25.2 Å². The van der Waals surface area contributed by atoms with Gasteiger partial charge in [-0.3, -0.25) is 14.2 Å². The average molecular weight is 752 g/mol. The molecule has 0 radical (unpaired) electrons. The quantitative estimate of drug-likeness (QED) is 0.144. The molecule has 0 spiro atoms. The number of methoxy groups -OCH3 is 2. The Morgan fingerprint density at radius 2 is 1.83 bits per heavy atom. The molecular weight excluding hydrogens is 705 g/mol. The Morgan fingerprint density at radius 3 is 2.55 bits per heavy atom. The predicted molar refractivity (Wildman–Crippen MR) is 196 cm³/mol. The molecule has 2 fully saturated rings. The van der Waals surface area contributed by atoms with Gasteiger partial charge in [-0.25, -0.2) is 14.8 Å². The third kappa shape index (κ3) is 9.43. The highest BCUT2D eigenvalue weighted by Gasteiger charge is 2.40. The molecule has 3 aliphatic heterocycles. The molecule has 17 heteroatoms. The Hall–Kier alpha value is -4.76. The Kier molecular flexibility index (Phi) is 12.5. The number of hydrogen-bond acceptors (Lipinski definition) is 13. The minimum absolute atomic E-state index is 0.0179. The number of amides is 2. The summed E-state index contributed by atoms with van der Waals surface area (Å²) in [4.78, 5) is 58.8. The molecule has 2 saturated heterocycles. The normalized spacial score (nSPS) is 20.5. The highest BCUT2D eigenvalue weighted by Crippen LogP contribution is 2.54. The summed E-state index contributed by atoms with van der Waals surface area (Å²) in [6.45, 7) is 4.30. The van der Waals surface area contributed by atoms with Gasteiger partial charge in [0.05, 0.1) is 51.4 Å². The number of anilines is 2. The summed E-state index contributed by atoms with van der Waals surface area (Å²) in [7, 11) is -0.601. The minimum atomic E-state index is -3.78. The van der Waals surface area contributed by atoms with E-state index in [4.69, 9.17) is 28.6 Å². The van der Waals surface area contributed by atoms with E-state index in [1.54, 1.807) is 25.3 Å². The van der Waals surface area contributed by atoms with Gasteiger partial charge in [0.25, 0.3) is 13.4 Å². The molecule has 53 heavy (non-hydrogen) atoms. The lowest BCUT2D eigenvalue weighted by Crippen LogP contribution is -2.56. The van der Waals surface area contributed by atoms with Gasteiger partial charge < -0.3 is 43.8 Å². The number of rotatable bonds is 13. The predicted octanol–water partition coefficient (Wildman–Crippen LogP) is 4.32. The van der Waals surface area contributed by atoms with Crippen LogP contribution in [0.1, 0.15) is 42.2 Å². The maximum absolute atomic E-state index is 14.4. The molecular formula is C36H46N7O9P. The van der Waals surface area contributed by atoms with Crippen LogP contribution in [-0.4, -0.2) is 116 Å². The molecule has 3 atom stereocenters. The first-order valence-electron chi connectivity index (χ1n) is 17.8. The number of unbranched alkanes of at least 4 members (excludes halogenated alkanes) is 1. The molecule has 0 aliphatic carbocycles. The number of carbonyl (C=O) groups excluding carboxylic acids is 3. The summed E-state index contributed by atoms with van der Waals surface area (Å²) in [6.07, 6.45) is 1.25. The first-order valence-corrected chi connectivity index (χ1v) is 19.6. The third-order valence-electron chi connectivity index (χ3n) is 9.32. The van der Waals surface area contributed by atoms with Crippen molar-refractivity contribution in [3.63, 3.8) is 0 Å². The third-order valence-corrected chi connectivity index (χ3v) is 11.3. The van der Waals surface area contributed by atoms with E-state index in [9.17, 15) is 18.9 Å². The van der Waals surface area contributed by atoms with Gasteiger partial charge in [0.15, 0.2) is 5.82 Å². The number of hydrogen-bond donors (Lipinski definition) is 2. The van der Waals surface area contributed by atoms with Crippen molar-refractivity contribution in [2.45, 2.75) is 44.9 Å². The van der Waals surface area contributed by atoms with Gasteiger partial charge in [0.1, 0.15) is 23.3 Å². The number of carbonyl (C=O) groups is 3. The number of hydroxylamine groups is 2. The molecule has 0 saturated carbocycles. The Morgan fingerprint density at radius 1 is 1.04 bits per heavy atom. The number of benzene rings is 2. The van der Waals surface area contributed by atoms with Gasteiger partial charge in [-0.05, 0) is 18.9 Å². The summed E-state index contributed by atoms with van der Waals surface area (Å²) in [5, 5.41) is 7.26. The van der Waals surface area contributed by atoms with Crippen LogP contribution in [0.15, 0.2) is 54.6 Å². The molecule has 6 rings (SSSR count). The lowest BCUT2D eigenvalue weighted by Gasteiger charge is -2.36. The standard InChI is InChI=1S/C36H46N7O9P/c1-4-5-20-50-36(46)52-43-18-16-41(17-19-43)35(45)29(24-53(47)40-32-26(23-51-53)12-9-13-30(32)49-3)38-34(44)28-21-31(42-15-14-27(22-42)48-2)39-33(37-28)25-10-7-6-8-11-25/h6-13,21,27,29H,4-5,14-20,22-24H2,1-3H3,(H,38,44)(H,40,47)/t27-,29-,53?/m0/s1. The van der Waals surface area contributed by atoms with E-state index in [0.717, 1.165) is 24.8 Å². The Labute approximate surface area is 308 Å². The smallest absolute Gasteiger partial charge is 0.495 e. The van der Waals surface area contributed by atoms with Crippen LogP contribution < -0.4 is 20.0 Å². The Bertz CT molecular complexity index is 1790. The number of fused-ring (bicyclic) bond motifs is 1. The summed E-state index contributed by atoms with van der Waals surface area (Å²) in [5.41, 5.74) is 2.00. The molecule has 2 N–H and O–H groups in total. The number of aromatic nitrogens is 2. The number of ether oxygens (including phenoxy) is 3. The summed E-state index contributed by atoms with van der Waals surface area (Å²) in [5.74, 6) is 0.238. The van der Waals surface area contributed by atoms with Gasteiger partial charge in [0, 0.05) is 50.5 Å². The van der Waals surface area contributed by atoms with Crippen LogP contribution in [0.2, 0.25) is 0 Å². The van der Waals surface area contributed by atoms with Crippen molar-refractivity contribution in [3.05, 3.63) is 65.9 Å². The molecule has 4 heterocycles. The average Bonchev–Trinajstić information content (AvgIpc) is 3.67. The van der Waals surface area contributed by atoms with E-state index in [-0.39, 0.29) is 57.4 Å². The zero-order valence-electron chi connectivity index (χ0n) is 30.2. The van der Waals surface area contributed by atoms with Gasteiger partial charge in [-0.15, -0.1) is 5.06 Å². The second kappa shape index (κ2) is 17.4. The molecule has 3 aromatic rings. The second-order valence-corrected chi connectivity index (χ2v) is 15.1. The van der Waals surface area contributed by atoms with Gasteiger partial charge in [-0.2, -0.15) is 0 Å². The van der Waals surface area contributed by atoms with Gasteiger partial charge in [0.2, 0.25) is 5.91 Å². The first-order chi connectivity index (χ1) is 25.7. The Balaban J connectivity index is 1.24. The molecule has 1 aromatic heterocycles.